The molecule has 0 saturated heterocycles. The van der Waals surface area contributed by atoms with Gasteiger partial charge in [-0.2, -0.15) is 11.8 Å². The van der Waals surface area contributed by atoms with E-state index in [1.807, 2.05) is 20.1 Å². The molecule has 112 valence electrons. The Hall–Kier alpha value is -1.25. The Morgan fingerprint density at radius 2 is 2.00 bits per heavy atom. The van der Waals surface area contributed by atoms with Gasteiger partial charge in [0.1, 0.15) is 11.3 Å². The summed E-state index contributed by atoms with van der Waals surface area (Å²) >= 11 is 1.51. The summed E-state index contributed by atoms with van der Waals surface area (Å²) in [6.07, 6.45) is 1.87. The van der Waals surface area contributed by atoms with E-state index in [0.717, 1.165) is 18.2 Å². The molecule has 0 spiro atoms. The van der Waals surface area contributed by atoms with Crippen LogP contribution in [0.2, 0.25) is 0 Å². The van der Waals surface area contributed by atoms with Crippen LogP contribution >= 0.6 is 11.8 Å². The summed E-state index contributed by atoms with van der Waals surface area (Å²) in [5.41, 5.74) is -0.447. The van der Waals surface area contributed by atoms with Gasteiger partial charge in [0.2, 0.25) is 10.0 Å². The minimum atomic E-state index is -3.81. The van der Waals surface area contributed by atoms with Crippen molar-refractivity contribution in [3.63, 3.8) is 0 Å². The summed E-state index contributed by atoms with van der Waals surface area (Å²) in [5, 5.41) is 18.2. The summed E-state index contributed by atoms with van der Waals surface area (Å²) in [6.45, 7) is 3.99. The molecule has 0 atom stereocenters. The van der Waals surface area contributed by atoms with E-state index in [0.29, 0.717) is 0 Å². The first kappa shape index (κ1) is 16.8. The van der Waals surface area contributed by atoms with E-state index in [1.54, 1.807) is 0 Å². The van der Waals surface area contributed by atoms with Crippen molar-refractivity contribution in [2.75, 3.05) is 12.8 Å². The van der Waals surface area contributed by atoms with Gasteiger partial charge in [0.05, 0.1) is 4.90 Å². The smallest absolute Gasteiger partial charge is 0.339 e. The van der Waals surface area contributed by atoms with Gasteiger partial charge in [-0.15, -0.1) is 0 Å². The summed E-state index contributed by atoms with van der Waals surface area (Å²) < 4.78 is 26.3. The van der Waals surface area contributed by atoms with Crippen LogP contribution in [0, 0.1) is 0 Å². The van der Waals surface area contributed by atoms with Crippen LogP contribution in [0.3, 0.4) is 0 Å². The molecule has 0 unspecified atom stereocenters. The molecule has 20 heavy (non-hydrogen) atoms. The van der Waals surface area contributed by atoms with Crippen molar-refractivity contribution in [1.82, 2.24) is 4.72 Å². The SMILES string of the molecule is CSC(C)(C)CNS(=O)(=O)c1ccc(O)c(C(=O)O)c1. The molecule has 6 nitrogen and oxygen atoms in total. The highest BCUT2D eigenvalue weighted by atomic mass is 32.2. The number of hydrogen-bond donors (Lipinski definition) is 3. The second kappa shape index (κ2) is 6.02. The Balaban J connectivity index is 3.05. The number of thioether (sulfide) groups is 1. The predicted octanol–water partition coefficient (Wildman–Crippen LogP) is 1.51. The molecule has 8 heteroatoms. The Kier molecular flexibility index (Phi) is 5.06. The van der Waals surface area contributed by atoms with Crippen LogP contribution in [0.25, 0.3) is 0 Å². The van der Waals surface area contributed by atoms with Crippen molar-refractivity contribution < 1.29 is 23.4 Å². The standard InChI is InChI=1S/C12H17NO5S2/c1-12(2,19-3)7-13-20(17,18)8-4-5-10(14)9(6-8)11(15)16/h4-6,13-14H,7H2,1-3H3,(H,15,16). The molecule has 0 aliphatic carbocycles. The minimum Gasteiger partial charge on any atom is -0.507 e. The highest BCUT2D eigenvalue weighted by Crippen LogP contribution is 2.23. The lowest BCUT2D eigenvalue weighted by Crippen LogP contribution is -2.36. The van der Waals surface area contributed by atoms with E-state index < -0.39 is 27.3 Å². The number of sulfonamides is 1. The molecule has 0 heterocycles. The third-order valence-corrected chi connectivity index (χ3v) is 5.40. The molecular formula is C12H17NO5S2. The average molecular weight is 319 g/mol. The quantitative estimate of drug-likeness (QED) is 0.734. The normalized spacial score (nSPS) is 12.3. The fraction of sp³-hybridized carbons (Fsp3) is 0.417. The second-order valence-electron chi connectivity index (χ2n) is 4.77. The monoisotopic (exact) mass is 319 g/mol. The van der Waals surface area contributed by atoms with Gasteiger partial charge in [0.25, 0.3) is 0 Å². The van der Waals surface area contributed by atoms with E-state index in [1.165, 1.54) is 11.8 Å². The van der Waals surface area contributed by atoms with Gasteiger partial charge in [-0.05, 0) is 38.3 Å². The van der Waals surface area contributed by atoms with Gasteiger partial charge in [0, 0.05) is 11.3 Å². The van der Waals surface area contributed by atoms with Crippen molar-refractivity contribution >= 4 is 27.8 Å². The maximum atomic E-state index is 12.1. The summed E-state index contributed by atoms with van der Waals surface area (Å²) in [7, 11) is -3.81. The van der Waals surface area contributed by atoms with E-state index in [-0.39, 0.29) is 16.2 Å². The number of carboxylic acids is 1. The molecular weight excluding hydrogens is 302 g/mol. The van der Waals surface area contributed by atoms with Crippen LogP contribution < -0.4 is 4.72 Å². The van der Waals surface area contributed by atoms with Crippen molar-refractivity contribution in [3.05, 3.63) is 23.8 Å². The number of nitrogens with one attached hydrogen (secondary N) is 1. The third kappa shape index (κ3) is 4.12. The number of aromatic carboxylic acids is 1. The highest BCUT2D eigenvalue weighted by molar-refractivity contribution is 8.00. The molecule has 0 aliphatic heterocycles. The van der Waals surface area contributed by atoms with Crippen LogP contribution in [-0.2, 0) is 10.0 Å². The average Bonchev–Trinajstić information content (AvgIpc) is 2.36. The zero-order chi connectivity index (χ0) is 15.6. The van der Waals surface area contributed by atoms with E-state index in [4.69, 9.17) is 5.11 Å². The fourth-order valence-electron chi connectivity index (χ4n) is 1.28. The van der Waals surface area contributed by atoms with Crippen LogP contribution in [0.1, 0.15) is 24.2 Å². The fourth-order valence-corrected chi connectivity index (χ4v) is 2.82. The first-order valence-electron chi connectivity index (χ1n) is 5.70. The number of hydrogen-bond acceptors (Lipinski definition) is 5. The van der Waals surface area contributed by atoms with Gasteiger partial charge in [-0.25, -0.2) is 17.9 Å². The molecule has 0 saturated carbocycles. The predicted molar refractivity (Wildman–Crippen MR) is 77.8 cm³/mol. The van der Waals surface area contributed by atoms with Crippen LogP contribution in [0.4, 0.5) is 0 Å². The first-order valence-corrected chi connectivity index (χ1v) is 8.41. The van der Waals surface area contributed by atoms with Crippen LogP contribution in [0.5, 0.6) is 5.75 Å². The zero-order valence-electron chi connectivity index (χ0n) is 11.4. The molecule has 0 amide bonds. The summed E-state index contributed by atoms with van der Waals surface area (Å²) in [4.78, 5) is 10.7. The maximum Gasteiger partial charge on any atom is 0.339 e. The summed E-state index contributed by atoms with van der Waals surface area (Å²) in [6, 6.07) is 3.15. The molecule has 3 N–H and O–H groups in total. The maximum absolute atomic E-state index is 12.1. The third-order valence-electron chi connectivity index (χ3n) is 2.75. The van der Waals surface area contributed by atoms with E-state index in [2.05, 4.69) is 4.72 Å². The lowest BCUT2D eigenvalue weighted by molar-refractivity contribution is 0.0693. The molecule has 0 aromatic heterocycles. The van der Waals surface area contributed by atoms with E-state index >= 15 is 0 Å². The summed E-state index contributed by atoms with van der Waals surface area (Å²) in [5.74, 6) is -1.86. The number of aromatic hydroxyl groups is 1. The van der Waals surface area contributed by atoms with Gasteiger partial charge in [-0.1, -0.05) is 0 Å². The largest absolute Gasteiger partial charge is 0.507 e. The topological polar surface area (TPSA) is 104 Å². The molecule has 1 aromatic carbocycles. The first-order chi connectivity index (χ1) is 9.09. The number of carbonyl (C=O) groups is 1. The zero-order valence-corrected chi connectivity index (χ0v) is 13.0. The van der Waals surface area contributed by atoms with Crippen molar-refractivity contribution in [1.29, 1.82) is 0 Å². The Morgan fingerprint density at radius 3 is 2.50 bits per heavy atom. The van der Waals surface area contributed by atoms with Gasteiger partial charge in [-0.3, -0.25) is 0 Å². The minimum absolute atomic E-state index is 0.190. The number of benzene rings is 1. The molecule has 1 rings (SSSR count). The number of rotatable bonds is 6. The van der Waals surface area contributed by atoms with Crippen LogP contribution in [0.15, 0.2) is 23.1 Å². The molecule has 0 aliphatic rings. The number of carboxylic acid groups (broad SMARTS) is 1. The Bertz CT molecular complexity index is 610. The lowest BCUT2D eigenvalue weighted by atomic mass is 10.2. The number of phenols is 1. The van der Waals surface area contributed by atoms with Crippen LogP contribution in [-0.4, -0.2) is 42.1 Å². The van der Waals surface area contributed by atoms with Gasteiger partial charge < -0.3 is 10.2 Å². The second-order valence-corrected chi connectivity index (χ2v) is 8.05. The molecule has 0 radical (unpaired) electrons. The molecule has 0 bridgehead atoms. The lowest BCUT2D eigenvalue weighted by Gasteiger charge is -2.22. The molecule has 1 aromatic rings. The van der Waals surface area contributed by atoms with Gasteiger partial charge >= 0.3 is 5.97 Å². The molecule has 0 fully saturated rings. The van der Waals surface area contributed by atoms with Gasteiger partial charge in [0.15, 0.2) is 0 Å². The highest BCUT2D eigenvalue weighted by Gasteiger charge is 2.23. The van der Waals surface area contributed by atoms with Crippen molar-refractivity contribution in [2.45, 2.75) is 23.5 Å². The van der Waals surface area contributed by atoms with Crippen molar-refractivity contribution in [3.8, 4) is 5.75 Å². The van der Waals surface area contributed by atoms with E-state index in [9.17, 15) is 18.3 Å². The Morgan fingerprint density at radius 1 is 1.40 bits per heavy atom. The Labute approximate surface area is 122 Å². The van der Waals surface area contributed by atoms with Crippen molar-refractivity contribution in [2.24, 2.45) is 0 Å².